The second-order valence-corrected chi connectivity index (χ2v) is 36.8. The Bertz CT molecular complexity index is 9930. The van der Waals surface area contributed by atoms with Crippen LogP contribution in [0.5, 0.6) is 0 Å². The lowest BCUT2D eigenvalue weighted by Gasteiger charge is -2.16. The van der Waals surface area contributed by atoms with Crippen molar-refractivity contribution >= 4 is 114 Å². The highest BCUT2D eigenvalue weighted by molar-refractivity contribution is 6.25. The summed E-state index contributed by atoms with van der Waals surface area (Å²) in [6, 6.07) is 168. The second kappa shape index (κ2) is 39.2. The van der Waals surface area contributed by atoms with Gasteiger partial charge < -0.3 is 0 Å². The molecule has 8 aromatic heterocycles. The molecule has 0 fully saturated rings. The van der Waals surface area contributed by atoms with Gasteiger partial charge in [0.2, 0.25) is 0 Å². The summed E-state index contributed by atoms with van der Waals surface area (Å²) in [5, 5.41) is 18.4. The molecule has 15 heteroatoms. The molecule has 0 atom stereocenters. The average Bonchev–Trinajstić information content (AvgIpc) is 0.737. The van der Waals surface area contributed by atoms with Gasteiger partial charge in [0, 0.05) is 144 Å². The predicted molar refractivity (Wildman–Crippen MR) is 611 cm³/mol. The number of rotatable bonds is 15. The number of benzene rings is 20. The second-order valence-electron chi connectivity index (χ2n) is 36.8. The van der Waals surface area contributed by atoms with Crippen molar-refractivity contribution in [2.75, 3.05) is 0 Å². The molecule has 0 N–H and O–H groups in total. The van der Waals surface area contributed by atoms with Crippen molar-refractivity contribution in [3.05, 3.63) is 515 Å². The van der Waals surface area contributed by atoms with Crippen LogP contribution in [0.1, 0.15) is 0 Å². The first-order valence-electron chi connectivity index (χ1n) is 49.7. The highest BCUT2D eigenvalue weighted by atomic mass is 15.1. The van der Waals surface area contributed by atoms with Gasteiger partial charge in [-0.3, -0.25) is 9.97 Å². The van der Waals surface area contributed by atoms with Gasteiger partial charge in [0.15, 0.2) is 58.1 Å². The molecule has 0 spiro atoms. The smallest absolute Gasteiger partial charge is 0.187 e. The van der Waals surface area contributed by atoms with Gasteiger partial charge >= 0.3 is 0 Å². The van der Waals surface area contributed by atoms with Crippen LogP contribution in [0.3, 0.4) is 0 Å². The molecule has 0 saturated heterocycles. The van der Waals surface area contributed by atoms with E-state index in [2.05, 4.69) is 254 Å². The van der Waals surface area contributed by atoms with Gasteiger partial charge in [-0.25, -0.2) is 64.7 Å². The van der Waals surface area contributed by atoms with E-state index in [-0.39, 0.29) is 0 Å². The number of hydrogen-bond acceptors (Lipinski definition) is 14. The lowest BCUT2D eigenvalue weighted by Crippen LogP contribution is -2.01. The third kappa shape index (κ3) is 17.4. The van der Waals surface area contributed by atoms with Crippen LogP contribution in [0.25, 0.3) is 283 Å². The molecule has 0 aliphatic carbocycles. The molecule has 0 unspecified atom stereocenters. The van der Waals surface area contributed by atoms with E-state index in [1.807, 2.05) is 255 Å². The summed E-state index contributed by atoms with van der Waals surface area (Å²) in [4.78, 5) is 74.5. The zero-order valence-electron chi connectivity index (χ0n) is 80.6. The normalized spacial score (nSPS) is 11.3. The van der Waals surface area contributed by atoms with Gasteiger partial charge in [0.25, 0.3) is 0 Å². The molecular formula is C135H83N15. The zero-order chi connectivity index (χ0) is 99.7. The number of para-hydroxylation sites is 4. The maximum Gasteiger partial charge on any atom is 0.187 e. The Morgan fingerprint density at radius 2 is 0.440 bits per heavy atom. The van der Waals surface area contributed by atoms with Gasteiger partial charge in [-0.15, -0.1) is 0 Å². The Balaban J connectivity index is 0.000000114. The molecule has 0 aliphatic rings. The van der Waals surface area contributed by atoms with Crippen molar-refractivity contribution in [2.24, 2.45) is 0 Å². The highest BCUT2D eigenvalue weighted by Crippen LogP contribution is 2.47. The van der Waals surface area contributed by atoms with E-state index in [1.165, 1.54) is 48.5 Å². The summed E-state index contributed by atoms with van der Waals surface area (Å²) in [5.74, 6) is 5.39. The minimum absolute atomic E-state index is 0.564. The number of pyridine rings is 5. The summed E-state index contributed by atoms with van der Waals surface area (Å²) in [5.41, 5.74) is 23.8. The predicted octanol–water partition coefficient (Wildman–Crippen LogP) is 33.7. The van der Waals surface area contributed by atoms with Crippen LogP contribution in [-0.2, 0) is 0 Å². The Hall–Kier alpha value is -20.7. The van der Waals surface area contributed by atoms with Crippen molar-refractivity contribution < 1.29 is 0 Å². The summed E-state index contributed by atoms with van der Waals surface area (Å²) < 4.78 is 0. The molecule has 28 rings (SSSR count). The number of nitrogens with zero attached hydrogens (tertiary/aromatic N) is 15. The van der Waals surface area contributed by atoms with E-state index in [9.17, 15) is 0 Å². The van der Waals surface area contributed by atoms with Crippen LogP contribution >= 0.6 is 0 Å². The SMILES string of the molecule is [C-]#[N+]c1ccc(-c2cc(-c3nc(-c4ccccc4)nc(-c4ccccc4)n3)cc(-c3nc4ccccc4c4c3ccc3ccccc34)c2)cc1.c1ccc(-c2nc(-c3ccccc3)nc(-c3cc(-c4ccccn4)cc(-c4nc5ccccc5c5c4ccc4ccccc45)c3)n2)cc1.c1ccc(-c2nc(-c3ccccc3)nc(-c3cc(-c4nc5ccccc5c5c4ccc4ccccc45)cc(-c4cccc5cccnc45)c3)n2)cc1. The van der Waals surface area contributed by atoms with Gasteiger partial charge in [-0.2, -0.15) is 0 Å². The molecule has 8 heterocycles. The molecule has 150 heavy (non-hydrogen) atoms. The molecule has 15 nitrogen and oxygen atoms in total. The summed E-state index contributed by atoms with van der Waals surface area (Å²) in [6.45, 7) is 7.49. The standard InChI is InChI=1S/C47H29N5.C45H27N5.C43H27N5/c1-3-14-32(15-4-1)45-50-46(33-16-5-2-6-17-33)52-47(51-45)36-28-34(38-22-11-18-31-19-12-26-48-43(31)38)27-35(29-36)44-40-25-24-30-13-7-8-20-37(30)42(40)39-21-9-10-23-41(39)49-44;1-46-36-23-20-29(21-24-36)33-26-34(42-39-25-22-30-12-8-9-17-37(30)41(39)38-18-10-11-19-40(38)47-42)28-35(27-33)45-49-43(31-13-4-2-5-14-31)48-44(50-45)32-15-6-3-7-16-32;1-3-14-29(15-4-1)41-46-42(30-16-5-2-6-17-30)48-43(47-41)33-26-31(37-20-11-12-24-44-37)25-32(27-33)40-36-23-22-28-13-7-8-18-34(28)39(36)35-19-9-10-21-38(35)45-40/h1-29H;2-28H;1-27H. The van der Waals surface area contributed by atoms with Crippen LogP contribution in [-0.4, -0.2) is 69.8 Å². The van der Waals surface area contributed by atoms with E-state index >= 15 is 0 Å². The van der Waals surface area contributed by atoms with Crippen molar-refractivity contribution in [3.8, 4) is 170 Å². The molecule has 0 radical (unpaired) electrons. The first kappa shape index (κ1) is 89.4. The fourth-order valence-corrected chi connectivity index (χ4v) is 20.4. The van der Waals surface area contributed by atoms with Gasteiger partial charge in [-0.05, 0) is 140 Å². The number of fused-ring (bicyclic) bond motifs is 16. The fourth-order valence-electron chi connectivity index (χ4n) is 20.4. The first-order valence-corrected chi connectivity index (χ1v) is 49.7. The Kier molecular flexibility index (Phi) is 23.3. The van der Waals surface area contributed by atoms with Crippen LogP contribution in [0.4, 0.5) is 5.69 Å². The molecule has 0 bridgehead atoms. The summed E-state index contributed by atoms with van der Waals surface area (Å²) in [7, 11) is 0. The number of aromatic nitrogens is 14. The maximum atomic E-state index is 7.49. The Labute approximate surface area is 862 Å². The molecule has 0 saturated carbocycles. The fraction of sp³-hybridized carbons (Fsp3) is 0. The van der Waals surface area contributed by atoms with E-state index < -0.39 is 0 Å². The van der Waals surface area contributed by atoms with Gasteiger partial charge in [0.1, 0.15) is 0 Å². The quantitative estimate of drug-likeness (QED) is 0.0697. The maximum absolute atomic E-state index is 7.49. The van der Waals surface area contributed by atoms with Crippen molar-refractivity contribution in [2.45, 2.75) is 0 Å². The third-order valence-electron chi connectivity index (χ3n) is 27.5. The molecule has 0 amide bonds. The lowest BCUT2D eigenvalue weighted by atomic mass is 9.92. The Morgan fingerprint density at radius 3 is 0.800 bits per heavy atom. The minimum atomic E-state index is 0.564. The summed E-state index contributed by atoms with van der Waals surface area (Å²) >= 11 is 0. The van der Waals surface area contributed by atoms with E-state index in [0.29, 0.717) is 58.1 Å². The molecule has 0 aliphatic heterocycles. The van der Waals surface area contributed by atoms with Crippen molar-refractivity contribution in [3.63, 3.8) is 0 Å². The van der Waals surface area contributed by atoms with Crippen LogP contribution in [0.15, 0.2) is 504 Å². The highest BCUT2D eigenvalue weighted by Gasteiger charge is 2.26. The van der Waals surface area contributed by atoms with Crippen LogP contribution in [0.2, 0.25) is 0 Å². The molecule has 20 aromatic carbocycles. The topological polar surface area (TPSA) is 185 Å². The third-order valence-corrected chi connectivity index (χ3v) is 27.5. The molecule has 698 valence electrons. The molecule has 28 aromatic rings. The lowest BCUT2D eigenvalue weighted by molar-refractivity contribution is 1.07. The van der Waals surface area contributed by atoms with Crippen molar-refractivity contribution in [1.29, 1.82) is 0 Å². The van der Waals surface area contributed by atoms with E-state index in [4.69, 9.17) is 76.3 Å². The first-order chi connectivity index (χ1) is 74.3. The Morgan fingerprint density at radius 1 is 0.160 bits per heavy atom. The largest absolute Gasteiger partial charge is 0.256 e. The van der Waals surface area contributed by atoms with E-state index in [1.54, 1.807) is 0 Å². The average molecular weight is 1920 g/mol. The van der Waals surface area contributed by atoms with Crippen molar-refractivity contribution in [1.82, 2.24) is 69.8 Å². The van der Waals surface area contributed by atoms with Gasteiger partial charge in [0.05, 0.1) is 51.4 Å². The van der Waals surface area contributed by atoms with Gasteiger partial charge in [-0.1, -0.05) is 400 Å². The number of hydrogen-bond donors (Lipinski definition) is 0. The zero-order valence-corrected chi connectivity index (χ0v) is 80.6. The summed E-state index contributed by atoms with van der Waals surface area (Å²) in [6.07, 6.45) is 3.67. The monoisotopic (exact) mass is 1910 g/mol. The van der Waals surface area contributed by atoms with E-state index in [0.717, 1.165) is 177 Å². The minimum Gasteiger partial charge on any atom is -0.256 e. The molecular weight excluding hydrogens is 1830 g/mol. The van der Waals surface area contributed by atoms with Crippen LogP contribution < -0.4 is 0 Å². The van der Waals surface area contributed by atoms with Crippen LogP contribution in [0, 0.1) is 6.57 Å².